The maximum atomic E-state index is 13.1. The van der Waals surface area contributed by atoms with Crippen LogP contribution in [0.3, 0.4) is 0 Å². The minimum atomic E-state index is -0.440. The van der Waals surface area contributed by atoms with Crippen molar-refractivity contribution in [2.24, 2.45) is 5.10 Å². The van der Waals surface area contributed by atoms with Crippen molar-refractivity contribution in [3.63, 3.8) is 0 Å². The number of pyridine rings is 1. The fourth-order valence-corrected chi connectivity index (χ4v) is 3.22. The lowest BCUT2D eigenvalue weighted by atomic mass is 9.98. The Labute approximate surface area is 161 Å². The van der Waals surface area contributed by atoms with Gasteiger partial charge in [-0.15, -0.1) is 0 Å². The number of hydrogen-bond donors (Lipinski definition) is 0. The van der Waals surface area contributed by atoms with E-state index in [1.165, 1.54) is 17.1 Å². The SMILES string of the molecule is O=C(c1ccccc1)N1N=C(c2cccnc2)CC1c1cccc([N+](=O)[O-])c1. The van der Waals surface area contributed by atoms with Crippen LogP contribution in [-0.4, -0.2) is 26.5 Å². The van der Waals surface area contributed by atoms with Crippen LogP contribution < -0.4 is 0 Å². The molecular weight excluding hydrogens is 356 g/mol. The summed E-state index contributed by atoms with van der Waals surface area (Å²) in [6, 6.07) is 18.5. The number of aromatic nitrogens is 1. The van der Waals surface area contributed by atoms with Gasteiger partial charge < -0.3 is 0 Å². The molecule has 0 aliphatic carbocycles. The van der Waals surface area contributed by atoms with Gasteiger partial charge in [-0.3, -0.25) is 19.9 Å². The molecule has 0 N–H and O–H groups in total. The van der Waals surface area contributed by atoms with Gasteiger partial charge in [-0.05, 0) is 23.8 Å². The number of carbonyl (C=O) groups is 1. The number of nitrogens with zero attached hydrogens (tertiary/aromatic N) is 4. The molecule has 1 aliphatic heterocycles. The predicted molar refractivity (Wildman–Crippen MR) is 104 cm³/mol. The Balaban J connectivity index is 1.75. The van der Waals surface area contributed by atoms with Crippen LogP contribution >= 0.6 is 0 Å². The number of hydrogen-bond acceptors (Lipinski definition) is 5. The Hall–Kier alpha value is -3.87. The summed E-state index contributed by atoms with van der Waals surface area (Å²) in [7, 11) is 0. The molecule has 3 aromatic rings. The molecular formula is C21H16N4O3. The highest BCUT2D eigenvalue weighted by Crippen LogP contribution is 2.35. The van der Waals surface area contributed by atoms with Crippen LogP contribution in [0.25, 0.3) is 0 Å². The lowest BCUT2D eigenvalue weighted by Crippen LogP contribution is -2.27. The van der Waals surface area contributed by atoms with Crippen molar-refractivity contribution in [1.29, 1.82) is 0 Å². The molecule has 0 spiro atoms. The van der Waals surface area contributed by atoms with Crippen molar-refractivity contribution in [2.75, 3.05) is 0 Å². The van der Waals surface area contributed by atoms with Gasteiger partial charge >= 0.3 is 0 Å². The van der Waals surface area contributed by atoms with Crippen LogP contribution in [0.2, 0.25) is 0 Å². The molecule has 0 saturated carbocycles. The van der Waals surface area contributed by atoms with Gasteiger partial charge in [0.2, 0.25) is 0 Å². The second kappa shape index (κ2) is 7.40. The third-order valence-electron chi connectivity index (χ3n) is 4.60. The molecule has 2 aromatic carbocycles. The molecule has 1 amide bonds. The predicted octanol–water partition coefficient (Wildman–Crippen LogP) is 3.98. The highest BCUT2D eigenvalue weighted by atomic mass is 16.6. The normalized spacial score (nSPS) is 15.9. The van der Waals surface area contributed by atoms with Crippen LogP contribution in [0.15, 0.2) is 84.2 Å². The summed E-state index contributed by atoms with van der Waals surface area (Å²) >= 11 is 0. The Morgan fingerprint density at radius 2 is 1.89 bits per heavy atom. The quantitative estimate of drug-likeness (QED) is 0.512. The van der Waals surface area contributed by atoms with Gasteiger partial charge in [0, 0.05) is 42.1 Å². The summed E-state index contributed by atoms with van der Waals surface area (Å²) < 4.78 is 0. The molecule has 1 unspecified atom stereocenters. The number of non-ortho nitro benzene ring substituents is 1. The second-order valence-corrected chi connectivity index (χ2v) is 6.38. The standard InChI is InChI=1S/C21H16N4O3/c26-21(15-6-2-1-3-7-15)24-20(16-8-4-10-18(12-16)25(27)28)13-19(23-24)17-9-5-11-22-14-17/h1-12,14,20H,13H2. The molecule has 0 bridgehead atoms. The summed E-state index contributed by atoms with van der Waals surface area (Å²) in [5, 5.41) is 17.1. The van der Waals surface area contributed by atoms with Gasteiger partial charge in [-0.2, -0.15) is 5.10 Å². The monoisotopic (exact) mass is 372 g/mol. The first-order chi connectivity index (χ1) is 13.6. The maximum Gasteiger partial charge on any atom is 0.274 e. The number of benzene rings is 2. The van der Waals surface area contributed by atoms with Gasteiger partial charge in [0.15, 0.2) is 0 Å². The molecule has 1 aliphatic rings. The molecule has 138 valence electrons. The van der Waals surface area contributed by atoms with Gasteiger partial charge in [0.05, 0.1) is 16.7 Å². The van der Waals surface area contributed by atoms with Crippen molar-refractivity contribution in [1.82, 2.24) is 9.99 Å². The molecule has 0 saturated heterocycles. The van der Waals surface area contributed by atoms with E-state index in [1.54, 1.807) is 48.8 Å². The molecule has 0 fully saturated rings. The molecule has 28 heavy (non-hydrogen) atoms. The van der Waals surface area contributed by atoms with Crippen LogP contribution in [-0.2, 0) is 0 Å². The third-order valence-corrected chi connectivity index (χ3v) is 4.60. The van der Waals surface area contributed by atoms with Crippen LogP contribution in [0.1, 0.15) is 33.9 Å². The Bertz CT molecular complexity index is 1050. The third kappa shape index (κ3) is 3.37. The first-order valence-corrected chi connectivity index (χ1v) is 8.74. The Kier molecular flexibility index (Phi) is 4.63. The average Bonchev–Trinajstić information content (AvgIpc) is 3.20. The van der Waals surface area contributed by atoms with Crippen LogP contribution in [0, 0.1) is 10.1 Å². The van der Waals surface area contributed by atoms with E-state index >= 15 is 0 Å². The lowest BCUT2D eigenvalue weighted by molar-refractivity contribution is -0.384. The lowest BCUT2D eigenvalue weighted by Gasteiger charge is -2.22. The summed E-state index contributed by atoms with van der Waals surface area (Å²) in [6.45, 7) is 0. The van der Waals surface area contributed by atoms with E-state index in [1.807, 2.05) is 18.2 Å². The highest BCUT2D eigenvalue weighted by molar-refractivity contribution is 6.04. The first-order valence-electron chi connectivity index (χ1n) is 8.74. The molecule has 7 heteroatoms. The largest absolute Gasteiger partial charge is 0.274 e. The number of amides is 1. The number of carbonyl (C=O) groups excluding carboxylic acids is 1. The van der Waals surface area contributed by atoms with Gasteiger partial charge in [0.25, 0.3) is 11.6 Å². The molecule has 2 heterocycles. The van der Waals surface area contributed by atoms with Crippen LogP contribution in [0.5, 0.6) is 0 Å². The smallest absolute Gasteiger partial charge is 0.267 e. The van der Waals surface area contributed by atoms with Crippen LogP contribution in [0.4, 0.5) is 5.69 Å². The van der Waals surface area contributed by atoms with E-state index in [2.05, 4.69) is 10.1 Å². The summed E-state index contributed by atoms with van der Waals surface area (Å²) in [6.07, 6.45) is 3.81. The zero-order chi connectivity index (χ0) is 19.5. The summed E-state index contributed by atoms with van der Waals surface area (Å²) in [5.74, 6) is -0.254. The minimum absolute atomic E-state index is 0.0144. The zero-order valence-electron chi connectivity index (χ0n) is 14.8. The van der Waals surface area contributed by atoms with Crippen molar-refractivity contribution in [3.8, 4) is 0 Å². The average molecular weight is 372 g/mol. The van der Waals surface area contributed by atoms with Gasteiger partial charge in [-0.25, -0.2) is 5.01 Å². The summed E-state index contributed by atoms with van der Waals surface area (Å²) in [5.41, 5.74) is 2.70. The van der Waals surface area contributed by atoms with E-state index < -0.39 is 11.0 Å². The molecule has 1 atom stereocenters. The first kappa shape index (κ1) is 17.5. The van der Waals surface area contributed by atoms with E-state index in [4.69, 9.17) is 0 Å². The maximum absolute atomic E-state index is 13.1. The molecule has 0 radical (unpaired) electrons. The second-order valence-electron chi connectivity index (χ2n) is 6.38. The highest BCUT2D eigenvalue weighted by Gasteiger charge is 2.34. The summed E-state index contributed by atoms with van der Waals surface area (Å²) in [4.78, 5) is 28.0. The van der Waals surface area contributed by atoms with Gasteiger partial charge in [0.1, 0.15) is 0 Å². The van der Waals surface area contributed by atoms with E-state index in [0.29, 0.717) is 23.3 Å². The molecule has 7 nitrogen and oxygen atoms in total. The number of hydrazone groups is 1. The Morgan fingerprint density at radius 1 is 1.07 bits per heavy atom. The van der Waals surface area contributed by atoms with E-state index in [-0.39, 0.29) is 11.6 Å². The van der Waals surface area contributed by atoms with Gasteiger partial charge in [-0.1, -0.05) is 36.4 Å². The zero-order valence-corrected chi connectivity index (χ0v) is 14.8. The number of nitro benzene ring substituents is 1. The van der Waals surface area contributed by atoms with E-state index in [0.717, 1.165) is 5.56 Å². The minimum Gasteiger partial charge on any atom is -0.267 e. The van der Waals surface area contributed by atoms with Crippen molar-refractivity contribution < 1.29 is 9.72 Å². The fourth-order valence-electron chi connectivity index (χ4n) is 3.22. The Morgan fingerprint density at radius 3 is 2.61 bits per heavy atom. The number of rotatable bonds is 4. The fraction of sp³-hybridized carbons (Fsp3) is 0.0952. The molecule has 1 aromatic heterocycles. The van der Waals surface area contributed by atoms with Crippen molar-refractivity contribution in [2.45, 2.75) is 12.5 Å². The number of nitro groups is 1. The van der Waals surface area contributed by atoms with Crippen molar-refractivity contribution >= 4 is 17.3 Å². The van der Waals surface area contributed by atoms with E-state index in [9.17, 15) is 14.9 Å². The topological polar surface area (TPSA) is 88.7 Å². The van der Waals surface area contributed by atoms with Crippen molar-refractivity contribution in [3.05, 3.63) is 106 Å². The molecule has 4 rings (SSSR count).